The highest BCUT2D eigenvalue weighted by atomic mass is 32.2. The van der Waals surface area contributed by atoms with Gasteiger partial charge in [0.1, 0.15) is 5.82 Å². The van der Waals surface area contributed by atoms with Gasteiger partial charge < -0.3 is 0 Å². The number of sulfonamides is 1. The highest BCUT2D eigenvalue weighted by Crippen LogP contribution is 2.28. The molecule has 0 atom stereocenters. The van der Waals surface area contributed by atoms with Crippen LogP contribution in [0.25, 0.3) is 17.1 Å². The molecule has 0 saturated carbocycles. The number of rotatable bonds is 8. The number of nitrogens with zero attached hydrogens (tertiary/aromatic N) is 5. The van der Waals surface area contributed by atoms with Gasteiger partial charge in [0.25, 0.3) is 0 Å². The fourth-order valence-electron chi connectivity index (χ4n) is 3.14. The van der Waals surface area contributed by atoms with Crippen molar-refractivity contribution in [2.24, 2.45) is 0 Å². The summed E-state index contributed by atoms with van der Waals surface area (Å²) in [6.45, 7) is 0. The molecule has 0 aliphatic carbocycles. The molecule has 0 aliphatic rings. The Morgan fingerprint density at radius 3 is 2.26 bits per heavy atom. The first kappa shape index (κ1) is 23.6. The van der Waals surface area contributed by atoms with Crippen LogP contribution in [0.3, 0.4) is 0 Å². The van der Waals surface area contributed by atoms with Gasteiger partial charge in [-0.2, -0.15) is 0 Å². The van der Waals surface area contributed by atoms with Crippen molar-refractivity contribution in [2.75, 3.05) is 23.4 Å². The molecule has 11 heteroatoms. The summed E-state index contributed by atoms with van der Waals surface area (Å²) < 4.78 is 39.8. The van der Waals surface area contributed by atoms with Crippen LogP contribution >= 0.6 is 11.8 Å². The number of carbonyl (C=O) groups excluding carboxylic acids is 1. The first-order chi connectivity index (χ1) is 16.2. The smallest absolute Gasteiger partial charge is 0.231 e. The predicted octanol–water partition coefficient (Wildman–Crippen LogP) is 3.84. The molecule has 0 unspecified atom stereocenters. The summed E-state index contributed by atoms with van der Waals surface area (Å²) in [6, 6.07) is 15.9. The first-order valence-corrected chi connectivity index (χ1v) is 12.9. The lowest BCUT2D eigenvalue weighted by Crippen LogP contribution is -2.24. The molecule has 4 rings (SSSR count). The normalized spacial score (nSPS) is 11.4. The summed E-state index contributed by atoms with van der Waals surface area (Å²) in [5.74, 6) is 0.100. The lowest BCUT2D eigenvalue weighted by atomic mass is 10.1. The highest BCUT2D eigenvalue weighted by molar-refractivity contribution is 7.99. The van der Waals surface area contributed by atoms with E-state index in [0.29, 0.717) is 27.9 Å². The third-order valence-corrected chi connectivity index (χ3v) is 7.17. The summed E-state index contributed by atoms with van der Waals surface area (Å²) in [4.78, 5) is 16.8. The molecular weight excluding hydrogens is 477 g/mol. The molecule has 0 bridgehead atoms. The third kappa shape index (κ3) is 5.15. The number of hydrogen-bond acceptors (Lipinski definition) is 7. The Morgan fingerprint density at radius 2 is 1.65 bits per heavy atom. The maximum Gasteiger partial charge on any atom is 0.231 e. The second kappa shape index (κ2) is 9.74. The van der Waals surface area contributed by atoms with E-state index < -0.39 is 10.0 Å². The molecule has 34 heavy (non-hydrogen) atoms. The van der Waals surface area contributed by atoms with Gasteiger partial charge in [0.15, 0.2) is 16.8 Å². The second-order valence-corrected chi connectivity index (χ2v) is 10.3. The van der Waals surface area contributed by atoms with Crippen molar-refractivity contribution < 1.29 is 17.6 Å². The molecule has 0 aliphatic heterocycles. The molecule has 0 spiro atoms. The van der Waals surface area contributed by atoms with Crippen LogP contribution < -0.4 is 4.31 Å². The van der Waals surface area contributed by atoms with Crippen molar-refractivity contribution in [3.63, 3.8) is 0 Å². The Bertz CT molecular complexity index is 1410. The zero-order valence-electron chi connectivity index (χ0n) is 18.3. The van der Waals surface area contributed by atoms with Gasteiger partial charge in [0, 0.05) is 36.3 Å². The van der Waals surface area contributed by atoms with Crippen molar-refractivity contribution in [2.45, 2.75) is 5.16 Å². The van der Waals surface area contributed by atoms with E-state index in [0.717, 1.165) is 16.1 Å². The molecule has 4 aromatic rings. The largest absolute Gasteiger partial charge is 0.293 e. The Hall–Kier alpha value is -3.57. The number of thioether (sulfide) groups is 1. The zero-order valence-corrected chi connectivity index (χ0v) is 19.9. The fourth-order valence-corrected chi connectivity index (χ4v) is 4.49. The van der Waals surface area contributed by atoms with Gasteiger partial charge in [-0.05, 0) is 60.7 Å². The summed E-state index contributed by atoms with van der Waals surface area (Å²) in [5.41, 5.74) is 2.34. The molecule has 0 fully saturated rings. The van der Waals surface area contributed by atoms with E-state index in [1.165, 1.54) is 30.9 Å². The lowest BCUT2D eigenvalue weighted by Gasteiger charge is -2.16. The van der Waals surface area contributed by atoms with Crippen molar-refractivity contribution in [3.05, 3.63) is 84.4 Å². The summed E-state index contributed by atoms with van der Waals surface area (Å²) in [5, 5.41) is 9.02. The molecule has 0 saturated heterocycles. The van der Waals surface area contributed by atoms with Crippen LogP contribution in [-0.4, -0.2) is 53.0 Å². The van der Waals surface area contributed by atoms with Crippen molar-refractivity contribution in [3.8, 4) is 17.1 Å². The molecule has 174 valence electrons. The van der Waals surface area contributed by atoms with Crippen LogP contribution in [0.15, 0.2) is 78.2 Å². The number of aromatic nitrogens is 4. The van der Waals surface area contributed by atoms with Gasteiger partial charge in [0.05, 0.1) is 17.7 Å². The van der Waals surface area contributed by atoms with E-state index in [1.807, 2.05) is 0 Å². The van der Waals surface area contributed by atoms with Crippen LogP contribution in [0.1, 0.15) is 10.4 Å². The van der Waals surface area contributed by atoms with Gasteiger partial charge in [-0.25, -0.2) is 12.8 Å². The van der Waals surface area contributed by atoms with Gasteiger partial charge in [0.2, 0.25) is 10.0 Å². The molecule has 2 aromatic heterocycles. The van der Waals surface area contributed by atoms with Crippen molar-refractivity contribution >= 4 is 33.3 Å². The molecule has 0 amide bonds. The molecule has 0 radical (unpaired) electrons. The predicted molar refractivity (Wildman–Crippen MR) is 129 cm³/mol. The van der Waals surface area contributed by atoms with E-state index in [9.17, 15) is 17.6 Å². The highest BCUT2D eigenvalue weighted by Gasteiger charge is 2.18. The number of pyridine rings is 1. The van der Waals surface area contributed by atoms with Crippen LogP contribution in [0, 0.1) is 5.82 Å². The molecule has 2 aromatic carbocycles. The van der Waals surface area contributed by atoms with Crippen molar-refractivity contribution in [1.29, 1.82) is 0 Å². The van der Waals surface area contributed by atoms with E-state index >= 15 is 0 Å². The Labute approximate surface area is 200 Å². The number of hydrogen-bond donors (Lipinski definition) is 0. The zero-order chi connectivity index (χ0) is 24.3. The second-order valence-electron chi connectivity index (χ2n) is 7.34. The average Bonchev–Trinajstić information content (AvgIpc) is 3.26. The van der Waals surface area contributed by atoms with Crippen LogP contribution in [0.4, 0.5) is 10.1 Å². The number of carbonyl (C=O) groups is 1. The Balaban J connectivity index is 1.58. The topological polar surface area (TPSA) is 98.1 Å². The quantitative estimate of drug-likeness (QED) is 0.269. The maximum atomic E-state index is 13.5. The minimum atomic E-state index is -3.39. The Morgan fingerprint density at radius 1 is 1.00 bits per heavy atom. The van der Waals surface area contributed by atoms with E-state index in [2.05, 4.69) is 15.2 Å². The SMILES string of the molecule is CN(c1ccc(C(=O)CSc2nnc(-c3ccncc3)n2-c2ccc(F)cc2)cc1)S(C)(=O)=O. The van der Waals surface area contributed by atoms with Gasteiger partial charge in [-0.1, -0.05) is 11.8 Å². The lowest BCUT2D eigenvalue weighted by molar-refractivity contribution is 0.102. The Kier molecular flexibility index (Phi) is 6.75. The van der Waals surface area contributed by atoms with Gasteiger partial charge in [-0.3, -0.25) is 18.7 Å². The van der Waals surface area contributed by atoms with Crippen molar-refractivity contribution in [1.82, 2.24) is 19.7 Å². The molecular formula is C23H20FN5O3S2. The van der Waals surface area contributed by atoms with E-state index in [-0.39, 0.29) is 17.4 Å². The number of Topliss-reactive ketones (excluding diaryl/α,β-unsaturated/α-hetero) is 1. The monoisotopic (exact) mass is 497 g/mol. The van der Waals surface area contributed by atoms with E-state index in [4.69, 9.17) is 0 Å². The third-order valence-electron chi connectivity index (χ3n) is 5.04. The number of anilines is 1. The van der Waals surface area contributed by atoms with Crippen LogP contribution in [0.2, 0.25) is 0 Å². The fraction of sp³-hybridized carbons (Fsp3) is 0.130. The number of halogens is 1. The van der Waals surface area contributed by atoms with E-state index in [1.54, 1.807) is 65.5 Å². The summed E-state index contributed by atoms with van der Waals surface area (Å²) >= 11 is 1.20. The average molecular weight is 498 g/mol. The first-order valence-electron chi connectivity index (χ1n) is 10.1. The number of ketones is 1. The van der Waals surface area contributed by atoms with Gasteiger partial charge >= 0.3 is 0 Å². The molecule has 8 nitrogen and oxygen atoms in total. The standard InChI is InChI=1S/C23H20FN5O3S2/c1-28(34(2,31)32)19-7-3-16(4-8-19)21(30)15-33-23-27-26-22(17-11-13-25-14-12-17)29(23)20-9-5-18(24)6-10-20/h3-14H,15H2,1-2H3. The van der Waals surface area contributed by atoms with Crippen LogP contribution in [0.5, 0.6) is 0 Å². The maximum absolute atomic E-state index is 13.5. The summed E-state index contributed by atoms with van der Waals surface area (Å²) in [7, 11) is -1.94. The molecule has 0 N–H and O–H groups in total. The minimum absolute atomic E-state index is 0.0803. The van der Waals surface area contributed by atoms with Crippen LogP contribution in [-0.2, 0) is 10.0 Å². The summed E-state index contributed by atoms with van der Waals surface area (Å²) in [6.07, 6.45) is 4.39. The van der Waals surface area contributed by atoms with Gasteiger partial charge in [-0.15, -0.1) is 10.2 Å². The number of benzene rings is 2. The molecule has 2 heterocycles. The minimum Gasteiger partial charge on any atom is -0.293 e.